The average Bonchev–Trinajstić information content (AvgIpc) is 2.52. The first-order valence-corrected chi connectivity index (χ1v) is 6.42. The Morgan fingerprint density at radius 1 is 1.44 bits per heavy atom. The summed E-state index contributed by atoms with van der Waals surface area (Å²) in [5, 5.41) is 13.0. The van der Waals surface area contributed by atoms with Gasteiger partial charge in [-0.2, -0.15) is 0 Å². The minimum absolute atomic E-state index is 0.217. The van der Waals surface area contributed by atoms with Crippen LogP contribution in [0.15, 0.2) is 24.3 Å². The highest BCUT2D eigenvalue weighted by atomic mass is 35.5. The van der Waals surface area contributed by atoms with Gasteiger partial charge in [-0.15, -0.1) is 0 Å². The third kappa shape index (κ3) is 2.76. The first-order chi connectivity index (χ1) is 8.59. The lowest BCUT2D eigenvalue weighted by molar-refractivity contribution is -0.141. The van der Waals surface area contributed by atoms with Crippen molar-refractivity contribution in [1.82, 2.24) is 5.32 Å². The molecule has 98 valence electrons. The summed E-state index contributed by atoms with van der Waals surface area (Å²) in [4.78, 5) is 13.2. The first kappa shape index (κ1) is 13.2. The minimum atomic E-state index is -0.770. The molecule has 1 fully saturated rings. The number of nitrogens with one attached hydrogen (secondary N) is 1. The Bertz CT molecular complexity index is 439. The minimum Gasteiger partial charge on any atom is -0.481 e. The Morgan fingerprint density at radius 2 is 2.17 bits per heavy atom. The normalized spacial score (nSPS) is 24.7. The van der Waals surface area contributed by atoms with Crippen molar-refractivity contribution in [3.8, 4) is 0 Å². The summed E-state index contributed by atoms with van der Waals surface area (Å²) < 4.78 is 0. The van der Waals surface area contributed by atoms with Crippen LogP contribution in [-0.2, 0) is 4.79 Å². The fourth-order valence-corrected chi connectivity index (χ4v) is 2.49. The zero-order valence-corrected chi connectivity index (χ0v) is 11.0. The fraction of sp³-hybridized carbons (Fsp3) is 0.462. The van der Waals surface area contributed by atoms with Crippen LogP contribution in [0.4, 0.5) is 5.69 Å². The number of anilines is 1. The molecular weight excluding hydrogens is 252 g/mol. The van der Waals surface area contributed by atoms with Gasteiger partial charge >= 0.3 is 5.97 Å². The van der Waals surface area contributed by atoms with E-state index in [1.807, 2.05) is 24.3 Å². The maximum absolute atomic E-state index is 11.2. The summed E-state index contributed by atoms with van der Waals surface area (Å²) in [7, 11) is 0. The predicted octanol–water partition coefficient (Wildman–Crippen LogP) is 1.84. The largest absolute Gasteiger partial charge is 0.481 e. The van der Waals surface area contributed by atoms with Gasteiger partial charge in [0, 0.05) is 25.7 Å². The van der Waals surface area contributed by atoms with Crippen molar-refractivity contribution in [2.75, 3.05) is 24.5 Å². The number of nitrogens with zero attached hydrogens (tertiary/aromatic N) is 1. The topological polar surface area (TPSA) is 52.6 Å². The van der Waals surface area contributed by atoms with Crippen LogP contribution in [0.25, 0.3) is 0 Å². The zero-order chi connectivity index (χ0) is 13.1. The van der Waals surface area contributed by atoms with E-state index < -0.39 is 11.9 Å². The van der Waals surface area contributed by atoms with Gasteiger partial charge in [0.15, 0.2) is 0 Å². The molecule has 1 heterocycles. The molecule has 2 atom stereocenters. The van der Waals surface area contributed by atoms with Gasteiger partial charge < -0.3 is 15.3 Å². The molecule has 1 aromatic carbocycles. The number of hydrogen-bond donors (Lipinski definition) is 2. The smallest absolute Gasteiger partial charge is 0.309 e. The number of benzene rings is 1. The molecule has 2 unspecified atom stereocenters. The number of rotatable bonds is 2. The van der Waals surface area contributed by atoms with E-state index in [4.69, 9.17) is 11.6 Å². The second kappa shape index (κ2) is 5.59. The molecule has 2 rings (SSSR count). The Balaban J connectivity index is 2.28. The molecule has 1 aliphatic rings. The quantitative estimate of drug-likeness (QED) is 0.859. The summed E-state index contributed by atoms with van der Waals surface area (Å²) >= 11 is 6.19. The molecule has 5 heteroatoms. The van der Waals surface area contributed by atoms with Crippen LogP contribution in [0.5, 0.6) is 0 Å². The van der Waals surface area contributed by atoms with Crippen molar-refractivity contribution < 1.29 is 9.90 Å². The van der Waals surface area contributed by atoms with Crippen molar-refractivity contribution in [1.29, 1.82) is 0 Å². The van der Waals surface area contributed by atoms with Crippen molar-refractivity contribution in [3.05, 3.63) is 29.3 Å². The van der Waals surface area contributed by atoms with Gasteiger partial charge in [0.05, 0.1) is 16.6 Å². The molecule has 0 amide bonds. The molecule has 2 N–H and O–H groups in total. The van der Waals surface area contributed by atoms with Gasteiger partial charge in [0.2, 0.25) is 0 Å². The van der Waals surface area contributed by atoms with Gasteiger partial charge in [0.1, 0.15) is 0 Å². The molecule has 1 aliphatic heterocycles. The fourth-order valence-electron chi connectivity index (χ4n) is 2.24. The van der Waals surface area contributed by atoms with Crippen LogP contribution in [0.1, 0.15) is 6.92 Å². The second-order valence-electron chi connectivity index (χ2n) is 4.65. The lowest BCUT2D eigenvalue weighted by atomic mass is 10.1. The number of aliphatic carboxylic acids is 1. The Labute approximate surface area is 112 Å². The third-order valence-corrected chi connectivity index (χ3v) is 3.61. The Hall–Kier alpha value is -1.26. The van der Waals surface area contributed by atoms with Gasteiger partial charge in [0.25, 0.3) is 0 Å². The summed E-state index contributed by atoms with van der Waals surface area (Å²) in [5.41, 5.74) is 0.904. The summed E-state index contributed by atoms with van der Waals surface area (Å²) in [6.07, 6.45) is 0. The number of carboxylic acids is 1. The number of carbonyl (C=O) groups is 1. The molecule has 4 nitrogen and oxygen atoms in total. The first-order valence-electron chi connectivity index (χ1n) is 6.04. The standard InChI is InChI=1S/C13H17ClN2O2/c1-9-6-15-7-10(13(17)18)8-16(9)12-5-3-2-4-11(12)14/h2-5,9-10,15H,6-8H2,1H3,(H,17,18). The molecule has 1 saturated heterocycles. The van der Waals surface area contributed by atoms with Crippen LogP contribution in [-0.4, -0.2) is 36.8 Å². The van der Waals surface area contributed by atoms with Crippen LogP contribution >= 0.6 is 11.6 Å². The van der Waals surface area contributed by atoms with E-state index in [-0.39, 0.29) is 6.04 Å². The lowest BCUT2D eigenvalue weighted by Gasteiger charge is -2.31. The highest BCUT2D eigenvalue weighted by Crippen LogP contribution is 2.28. The van der Waals surface area contributed by atoms with Crippen LogP contribution in [0.3, 0.4) is 0 Å². The number of hydrogen-bond acceptors (Lipinski definition) is 3. The average molecular weight is 269 g/mol. The van der Waals surface area contributed by atoms with E-state index in [1.165, 1.54) is 0 Å². The Kier molecular flexibility index (Phi) is 4.09. The molecular formula is C13H17ClN2O2. The summed E-state index contributed by atoms with van der Waals surface area (Å²) in [6, 6.07) is 7.78. The lowest BCUT2D eigenvalue weighted by Crippen LogP contribution is -2.39. The maximum atomic E-state index is 11.2. The van der Waals surface area contributed by atoms with Crippen molar-refractivity contribution in [3.63, 3.8) is 0 Å². The van der Waals surface area contributed by atoms with E-state index in [9.17, 15) is 9.90 Å². The van der Waals surface area contributed by atoms with Crippen LogP contribution in [0, 0.1) is 5.92 Å². The van der Waals surface area contributed by atoms with Gasteiger partial charge in [-0.05, 0) is 19.1 Å². The summed E-state index contributed by atoms with van der Waals surface area (Å²) in [5.74, 6) is -1.18. The molecule has 0 bridgehead atoms. The van der Waals surface area contributed by atoms with Crippen molar-refractivity contribution in [2.24, 2.45) is 5.92 Å². The van der Waals surface area contributed by atoms with Gasteiger partial charge in [-0.1, -0.05) is 23.7 Å². The van der Waals surface area contributed by atoms with Crippen LogP contribution < -0.4 is 10.2 Å². The molecule has 0 spiro atoms. The van der Waals surface area contributed by atoms with E-state index in [0.29, 0.717) is 18.1 Å². The second-order valence-corrected chi connectivity index (χ2v) is 5.05. The SMILES string of the molecule is CC1CNCC(C(=O)O)CN1c1ccccc1Cl. The predicted molar refractivity (Wildman–Crippen MR) is 72.3 cm³/mol. The van der Waals surface area contributed by atoms with Gasteiger partial charge in [-0.25, -0.2) is 0 Å². The number of para-hydroxylation sites is 1. The van der Waals surface area contributed by atoms with E-state index in [0.717, 1.165) is 12.2 Å². The van der Waals surface area contributed by atoms with E-state index in [2.05, 4.69) is 17.1 Å². The Morgan fingerprint density at radius 3 is 2.83 bits per heavy atom. The number of halogens is 1. The molecule has 0 aromatic heterocycles. The summed E-state index contributed by atoms with van der Waals surface area (Å²) in [6.45, 7) is 3.81. The highest BCUT2D eigenvalue weighted by molar-refractivity contribution is 6.33. The highest BCUT2D eigenvalue weighted by Gasteiger charge is 2.28. The zero-order valence-electron chi connectivity index (χ0n) is 10.3. The molecule has 0 saturated carbocycles. The number of carboxylic acid groups (broad SMARTS) is 1. The third-order valence-electron chi connectivity index (χ3n) is 3.29. The molecule has 1 aromatic rings. The van der Waals surface area contributed by atoms with Crippen LogP contribution in [0.2, 0.25) is 5.02 Å². The van der Waals surface area contributed by atoms with E-state index >= 15 is 0 Å². The molecule has 18 heavy (non-hydrogen) atoms. The monoisotopic (exact) mass is 268 g/mol. The van der Waals surface area contributed by atoms with E-state index in [1.54, 1.807) is 0 Å². The van der Waals surface area contributed by atoms with Crippen molar-refractivity contribution in [2.45, 2.75) is 13.0 Å². The maximum Gasteiger partial charge on any atom is 0.309 e. The molecule has 0 aliphatic carbocycles. The van der Waals surface area contributed by atoms with Gasteiger partial charge in [-0.3, -0.25) is 4.79 Å². The molecule has 0 radical (unpaired) electrons. The van der Waals surface area contributed by atoms with Crippen molar-refractivity contribution >= 4 is 23.3 Å².